The number of amides is 2. The van der Waals surface area contributed by atoms with Gasteiger partial charge in [0.05, 0.1) is 13.7 Å². The van der Waals surface area contributed by atoms with Gasteiger partial charge >= 0.3 is 12.0 Å². The van der Waals surface area contributed by atoms with Gasteiger partial charge in [-0.15, -0.1) is 0 Å². The molecule has 2 atom stereocenters. The fourth-order valence-electron chi connectivity index (χ4n) is 1.91. The highest BCUT2D eigenvalue weighted by Crippen LogP contribution is 2.16. The molecule has 0 aliphatic rings. The molecule has 6 nitrogen and oxygen atoms in total. The molecule has 0 aliphatic heterocycles. The zero-order valence-electron chi connectivity index (χ0n) is 13.5. The van der Waals surface area contributed by atoms with Gasteiger partial charge in [-0.2, -0.15) is 0 Å². The summed E-state index contributed by atoms with van der Waals surface area (Å²) in [6, 6.07) is 5.90. The minimum Gasteiger partial charge on any atom is -0.494 e. The molecule has 122 valence electrons. The second-order valence-corrected chi connectivity index (χ2v) is 4.94. The van der Waals surface area contributed by atoms with E-state index >= 15 is 0 Å². The molecule has 2 amide bonds. The molecular formula is C16H24N2O4. The van der Waals surface area contributed by atoms with E-state index < -0.39 is 18.0 Å². The molecular weight excluding hydrogens is 284 g/mol. The van der Waals surface area contributed by atoms with Crippen LogP contribution in [0.4, 0.5) is 10.5 Å². The van der Waals surface area contributed by atoms with Gasteiger partial charge in [0.2, 0.25) is 0 Å². The Morgan fingerprint density at radius 3 is 2.32 bits per heavy atom. The molecule has 0 unspecified atom stereocenters. The van der Waals surface area contributed by atoms with Crippen LogP contribution in [0.1, 0.15) is 27.2 Å². The Kier molecular flexibility index (Phi) is 7.22. The van der Waals surface area contributed by atoms with Crippen molar-refractivity contribution in [2.45, 2.75) is 33.2 Å². The van der Waals surface area contributed by atoms with E-state index in [1.54, 1.807) is 24.3 Å². The average Bonchev–Trinajstić information content (AvgIpc) is 2.53. The zero-order valence-corrected chi connectivity index (χ0v) is 13.5. The maximum Gasteiger partial charge on any atom is 0.328 e. The molecule has 1 rings (SSSR count). The van der Waals surface area contributed by atoms with Gasteiger partial charge in [-0.3, -0.25) is 0 Å². The third-order valence-electron chi connectivity index (χ3n) is 3.38. The highest BCUT2D eigenvalue weighted by atomic mass is 16.5. The van der Waals surface area contributed by atoms with Crippen LogP contribution in [-0.2, 0) is 9.53 Å². The first-order chi connectivity index (χ1) is 10.5. The summed E-state index contributed by atoms with van der Waals surface area (Å²) >= 11 is 0. The lowest BCUT2D eigenvalue weighted by Crippen LogP contribution is -2.47. The first kappa shape index (κ1) is 17.8. The number of carbonyl (C=O) groups excluding carboxylic acids is 2. The van der Waals surface area contributed by atoms with Gasteiger partial charge in [0, 0.05) is 5.69 Å². The van der Waals surface area contributed by atoms with E-state index in [0.717, 1.165) is 12.2 Å². The van der Waals surface area contributed by atoms with E-state index in [1.165, 1.54) is 7.11 Å². The topological polar surface area (TPSA) is 76.7 Å². The summed E-state index contributed by atoms with van der Waals surface area (Å²) in [6.45, 7) is 6.33. The molecule has 0 aliphatic carbocycles. The number of methoxy groups -OCH3 is 1. The second kappa shape index (κ2) is 8.92. The summed E-state index contributed by atoms with van der Waals surface area (Å²) in [4.78, 5) is 23.7. The molecule has 6 heteroatoms. The molecule has 0 saturated heterocycles. The summed E-state index contributed by atoms with van der Waals surface area (Å²) < 4.78 is 10.1. The SMILES string of the molecule is CCOc1ccc(NC(=O)N[C@H](C(=O)OC)[C@@H](C)CC)cc1. The van der Waals surface area contributed by atoms with Crippen molar-refractivity contribution < 1.29 is 19.1 Å². The van der Waals surface area contributed by atoms with Gasteiger partial charge in [-0.05, 0) is 37.1 Å². The number of ether oxygens (including phenoxy) is 2. The quantitative estimate of drug-likeness (QED) is 0.759. The number of hydrogen-bond acceptors (Lipinski definition) is 4. The van der Waals surface area contributed by atoms with Crippen molar-refractivity contribution >= 4 is 17.7 Å². The van der Waals surface area contributed by atoms with E-state index in [9.17, 15) is 9.59 Å². The highest BCUT2D eigenvalue weighted by Gasteiger charge is 2.26. The van der Waals surface area contributed by atoms with Crippen LogP contribution in [0.5, 0.6) is 5.75 Å². The number of rotatable bonds is 7. The largest absolute Gasteiger partial charge is 0.494 e. The van der Waals surface area contributed by atoms with Gasteiger partial charge in [-0.1, -0.05) is 20.3 Å². The van der Waals surface area contributed by atoms with Crippen LogP contribution in [0, 0.1) is 5.92 Å². The Morgan fingerprint density at radius 1 is 1.18 bits per heavy atom. The van der Waals surface area contributed by atoms with Crippen molar-refractivity contribution in [1.29, 1.82) is 0 Å². The number of esters is 1. The van der Waals surface area contributed by atoms with Crippen LogP contribution in [0.2, 0.25) is 0 Å². The average molecular weight is 308 g/mol. The summed E-state index contributed by atoms with van der Waals surface area (Å²) in [5, 5.41) is 5.34. The van der Waals surface area contributed by atoms with Crippen molar-refractivity contribution in [3.63, 3.8) is 0 Å². The van der Waals surface area contributed by atoms with E-state index in [2.05, 4.69) is 10.6 Å². The lowest BCUT2D eigenvalue weighted by atomic mass is 9.99. The normalized spacial score (nSPS) is 12.9. The first-order valence-corrected chi connectivity index (χ1v) is 7.40. The summed E-state index contributed by atoms with van der Waals surface area (Å²) in [5.74, 6) is 0.273. The fraction of sp³-hybridized carbons (Fsp3) is 0.500. The highest BCUT2D eigenvalue weighted by molar-refractivity contribution is 5.92. The van der Waals surface area contributed by atoms with E-state index in [-0.39, 0.29) is 5.92 Å². The van der Waals surface area contributed by atoms with E-state index in [1.807, 2.05) is 20.8 Å². The molecule has 0 fully saturated rings. The predicted molar refractivity (Wildman–Crippen MR) is 85.0 cm³/mol. The van der Waals surface area contributed by atoms with Gasteiger partial charge in [0.15, 0.2) is 0 Å². The van der Waals surface area contributed by atoms with Crippen molar-refractivity contribution in [3.8, 4) is 5.75 Å². The molecule has 0 aromatic heterocycles. The third kappa shape index (κ3) is 5.27. The molecule has 22 heavy (non-hydrogen) atoms. The molecule has 2 N–H and O–H groups in total. The fourth-order valence-corrected chi connectivity index (χ4v) is 1.91. The number of hydrogen-bond donors (Lipinski definition) is 2. The van der Waals surface area contributed by atoms with Gasteiger partial charge in [-0.25, -0.2) is 9.59 Å². The van der Waals surface area contributed by atoms with Crippen LogP contribution in [0.3, 0.4) is 0 Å². The van der Waals surface area contributed by atoms with E-state index in [0.29, 0.717) is 12.3 Å². The Labute approximate surface area is 131 Å². The zero-order chi connectivity index (χ0) is 16.5. The smallest absolute Gasteiger partial charge is 0.328 e. The maximum atomic E-state index is 12.0. The van der Waals surface area contributed by atoms with Crippen LogP contribution in [0.25, 0.3) is 0 Å². The summed E-state index contributed by atoms with van der Waals surface area (Å²) in [5.41, 5.74) is 0.619. The maximum absolute atomic E-state index is 12.0. The van der Waals surface area contributed by atoms with Crippen molar-refractivity contribution in [2.24, 2.45) is 5.92 Å². The van der Waals surface area contributed by atoms with Crippen LogP contribution < -0.4 is 15.4 Å². The van der Waals surface area contributed by atoms with Gasteiger partial charge in [0.1, 0.15) is 11.8 Å². The molecule has 0 radical (unpaired) electrons. The molecule has 0 bridgehead atoms. The standard InChI is InChI=1S/C16H24N2O4/c1-5-11(3)14(15(19)21-4)18-16(20)17-12-7-9-13(10-8-12)22-6-2/h7-11,14H,5-6H2,1-4H3,(H2,17,18,20)/t11-,14-/m0/s1. The van der Waals surface area contributed by atoms with Crippen LogP contribution in [0.15, 0.2) is 24.3 Å². The molecule has 1 aromatic rings. The van der Waals surface area contributed by atoms with E-state index in [4.69, 9.17) is 9.47 Å². The summed E-state index contributed by atoms with van der Waals surface area (Å²) in [6.07, 6.45) is 0.753. The molecule has 0 heterocycles. The van der Waals surface area contributed by atoms with Crippen molar-refractivity contribution in [3.05, 3.63) is 24.3 Å². The second-order valence-electron chi connectivity index (χ2n) is 4.94. The van der Waals surface area contributed by atoms with Crippen molar-refractivity contribution in [2.75, 3.05) is 19.0 Å². The molecule has 0 spiro atoms. The minimum absolute atomic E-state index is 0.0152. The van der Waals surface area contributed by atoms with Gasteiger partial charge in [0.25, 0.3) is 0 Å². The Morgan fingerprint density at radius 2 is 1.82 bits per heavy atom. The Hall–Kier alpha value is -2.24. The number of carbonyl (C=O) groups is 2. The third-order valence-corrected chi connectivity index (χ3v) is 3.38. The summed E-state index contributed by atoms with van der Waals surface area (Å²) in [7, 11) is 1.31. The number of nitrogens with one attached hydrogen (secondary N) is 2. The first-order valence-electron chi connectivity index (χ1n) is 7.40. The number of benzene rings is 1. The Balaban J connectivity index is 2.64. The Bertz CT molecular complexity index is 487. The van der Waals surface area contributed by atoms with Crippen molar-refractivity contribution in [1.82, 2.24) is 5.32 Å². The molecule has 0 saturated carbocycles. The van der Waals surface area contributed by atoms with Crippen LogP contribution >= 0.6 is 0 Å². The molecule has 1 aromatic carbocycles. The number of urea groups is 1. The lowest BCUT2D eigenvalue weighted by molar-refractivity contribution is -0.144. The monoisotopic (exact) mass is 308 g/mol. The van der Waals surface area contributed by atoms with Gasteiger partial charge < -0.3 is 20.1 Å². The number of anilines is 1. The van der Waals surface area contributed by atoms with Crippen LogP contribution in [-0.4, -0.2) is 31.8 Å². The predicted octanol–water partition coefficient (Wildman–Crippen LogP) is 2.79. The lowest BCUT2D eigenvalue weighted by Gasteiger charge is -2.22. The minimum atomic E-state index is -0.669.